The average Bonchev–Trinajstić information content (AvgIpc) is 2.71. The molecule has 2 aromatic rings. The van der Waals surface area contributed by atoms with Crippen molar-refractivity contribution in [2.75, 3.05) is 34.6 Å². The van der Waals surface area contributed by atoms with E-state index in [-0.39, 0.29) is 5.91 Å². The molecule has 1 amide bonds. The van der Waals surface area contributed by atoms with Crippen LogP contribution in [0, 0.1) is 0 Å². The first-order valence-electron chi connectivity index (χ1n) is 8.38. The van der Waals surface area contributed by atoms with E-state index in [2.05, 4.69) is 12.1 Å². The lowest BCUT2D eigenvalue weighted by Crippen LogP contribution is -2.24. The van der Waals surface area contributed by atoms with Crippen LogP contribution in [-0.4, -0.2) is 45.4 Å². The first-order valence-corrected chi connectivity index (χ1v) is 9.61. The molecule has 0 atom stereocenters. The highest BCUT2D eigenvalue weighted by molar-refractivity contribution is 7.98. The third-order valence-corrected chi connectivity index (χ3v) is 4.80. The number of thioether (sulfide) groups is 1. The molecule has 27 heavy (non-hydrogen) atoms. The van der Waals surface area contributed by atoms with Gasteiger partial charge in [0.05, 0.1) is 21.3 Å². The molecule has 0 fully saturated rings. The summed E-state index contributed by atoms with van der Waals surface area (Å²) in [5, 5.41) is 0. The van der Waals surface area contributed by atoms with Gasteiger partial charge >= 0.3 is 0 Å². The quantitative estimate of drug-likeness (QED) is 0.504. The highest BCUT2D eigenvalue weighted by Gasteiger charge is 2.12. The zero-order valence-electron chi connectivity index (χ0n) is 16.3. The molecule has 6 heteroatoms. The summed E-state index contributed by atoms with van der Waals surface area (Å²) in [5.41, 5.74) is 1.88. The van der Waals surface area contributed by atoms with E-state index in [4.69, 9.17) is 14.2 Å². The molecule has 0 saturated carbocycles. The van der Waals surface area contributed by atoms with E-state index in [9.17, 15) is 4.79 Å². The molecular weight excluding hydrogens is 362 g/mol. The van der Waals surface area contributed by atoms with Gasteiger partial charge in [-0.15, -0.1) is 11.8 Å². The van der Waals surface area contributed by atoms with Crippen LogP contribution in [0.5, 0.6) is 17.2 Å². The van der Waals surface area contributed by atoms with Crippen molar-refractivity contribution in [3.05, 3.63) is 53.6 Å². The summed E-state index contributed by atoms with van der Waals surface area (Å²) in [6.07, 6.45) is 5.32. The molecule has 144 valence electrons. The van der Waals surface area contributed by atoms with Crippen molar-refractivity contribution in [1.82, 2.24) is 4.90 Å². The van der Waals surface area contributed by atoms with Gasteiger partial charge in [0, 0.05) is 24.6 Å². The normalized spacial score (nSPS) is 10.7. The lowest BCUT2D eigenvalue weighted by Gasteiger charge is -2.15. The summed E-state index contributed by atoms with van der Waals surface area (Å²) in [6, 6.07) is 11.8. The summed E-state index contributed by atoms with van der Waals surface area (Å²) in [5.74, 6) is 1.53. The minimum absolute atomic E-state index is 0.0855. The average molecular weight is 388 g/mol. The molecule has 2 rings (SSSR count). The molecule has 0 heterocycles. The Morgan fingerprint density at radius 3 is 2.11 bits per heavy atom. The first kappa shape index (κ1) is 20.7. The number of methoxy groups -OCH3 is 3. The maximum Gasteiger partial charge on any atom is 0.246 e. The van der Waals surface area contributed by atoms with Crippen LogP contribution in [0.2, 0.25) is 0 Å². The zero-order valence-corrected chi connectivity index (χ0v) is 17.1. The second-order valence-electron chi connectivity index (χ2n) is 5.83. The zero-order chi connectivity index (χ0) is 19.8. The number of amides is 1. The summed E-state index contributed by atoms with van der Waals surface area (Å²) < 4.78 is 16.0. The van der Waals surface area contributed by atoms with Crippen LogP contribution in [0.4, 0.5) is 0 Å². The molecule has 0 aliphatic rings. The summed E-state index contributed by atoms with van der Waals surface area (Å²) in [4.78, 5) is 15.3. The number of hydrogen-bond donors (Lipinski definition) is 0. The molecule has 0 radical (unpaired) electrons. The molecule has 0 aromatic heterocycles. The molecule has 2 aromatic carbocycles. The number of benzene rings is 2. The van der Waals surface area contributed by atoms with Crippen LogP contribution in [0.25, 0.3) is 6.08 Å². The molecule has 0 spiro atoms. The van der Waals surface area contributed by atoms with Crippen molar-refractivity contribution in [3.63, 3.8) is 0 Å². The number of likely N-dealkylation sites (N-methyl/N-ethyl adjacent to an activating group) is 1. The largest absolute Gasteiger partial charge is 0.493 e. The molecule has 0 N–H and O–H groups in total. The highest BCUT2D eigenvalue weighted by Crippen LogP contribution is 2.38. The molecule has 0 bridgehead atoms. The Bertz CT molecular complexity index is 777. The van der Waals surface area contributed by atoms with Crippen molar-refractivity contribution in [3.8, 4) is 17.2 Å². The first-order chi connectivity index (χ1) is 13.0. The fourth-order valence-electron chi connectivity index (χ4n) is 2.58. The van der Waals surface area contributed by atoms with Crippen LogP contribution >= 0.6 is 11.8 Å². The fraction of sp³-hybridized carbons (Fsp3) is 0.286. The topological polar surface area (TPSA) is 48.0 Å². The van der Waals surface area contributed by atoms with E-state index in [0.717, 1.165) is 11.1 Å². The monoisotopic (exact) mass is 387 g/mol. The van der Waals surface area contributed by atoms with Crippen molar-refractivity contribution >= 4 is 23.7 Å². The van der Waals surface area contributed by atoms with Gasteiger partial charge in [-0.1, -0.05) is 12.1 Å². The summed E-state index contributed by atoms with van der Waals surface area (Å²) >= 11 is 1.70. The van der Waals surface area contributed by atoms with Gasteiger partial charge in [-0.2, -0.15) is 0 Å². The molecule has 0 unspecified atom stereocenters. The Morgan fingerprint density at radius 2 is 1.63 bits per heavy atom. The molecule has 5 nitrogen and oxygen atoms in total. The van der Waals surface area contributed by atoms with E-state index in [1.165, 1.54) is 11.0 Å². The fourth-order valence-corrected chi connectivity index (χ4v) is 2.98. The van der Waals surface area contributed by atoms with Gasteiger partial charge in [0.25, 0.3) is 0 Å². The molecule has 0 saturated heterocycles. The summed E-state index contributed by atoms with van der Waals surface area (Å²) in [7, 11) is 6.46. The number of carbonyl (C=O) groups is 1. The maximum atomic E-state index is 12.4. The van der Waals surface area contributed by atoms with Crippen LogP contribution in [-0.2, 0) is 11.3 Å². The Labute approximate surface area is 164 Å². The third-order valence-electron chi connectivity index (χ3n) is 4.06. The second-order valence-corrected chi connectivity index (χ2v) is 6.71. The van der Waals surface area contributed by atoms with E-state index < -0.39 is 0 Å². The van der Waals surface area contributed by atoms with Gasteiger partial charge in [-0.3, -0.25) is 4.79 Å². The lowest BCUT2D eigenvalue weighted by molar-refractivity contribution is -0.125. The van der Waals surface area contributed by atoms with Crippen molar-refractivity contribution in [2.24, 2.45) is 0 Å². The van der Waals surface area contributed by atoms with Crippen molar-refractivity contribution < 1.29 is 19.0 Å². The number of nitrogens with zero attached hydrogens (tertiary/aromatic N) is 1. The Hall–Kier alpha value is -2.60. The molecule has 0 aliphatic carbocycles. The van der Waals surface area contributed by atoms with Gasteiger partial charge in [-0.25, -0.2) is 0 Å². The lowest BCUT2D eigenvalue weighted by atomic mass is 10.1. The van der Waals surface area contributed by atoms with Gasteiger partial charge in [0.1, 0.15) is 0 Å². The maximum absolute atomic E-state index is 12.4. The van der Waals surface area contributed by atoms with Gasteiger partial charge < -0.3 is 19.1 Å². The van der Waals surface area contributed by atoms with Crippen LogP contribution in [0.3, 0.4) is 0 Å². The van der Waals surface area contributed by atoms with Crippen molar-refractivity contribution in [2.45, 2.75) is 11.4 Å². The standard InChI is InChI=1S/C21H25NO4S/c1-22(14-15-6-9-17(27-5)10-7-15)20(23)11-8-16-12-18(24-2)21(26-4)19(13-16)25-3/h6-13H,14H2,1-5H3/b11-8+. The number of ether oxygens (including phenoxy) is 3. The van der Waals surface area contributed by atoms with Gasteiger partial charge in [0.15, 0.2) is 11.5 Å². The second kappa shape index (κ2) is 9.92. The molecule has 0 aliphatic heterocycles. The minimum Gasteiger partial charge on any atom is -0.493 e. The smallest absolute Gasteiger partial charge is 0.246 e. The van der Waals surface area contributed by atoms with Crippen LogP contribution in [0.1, 0.15) is 11.1 Å². The highest BCUT2D eigenvalue weighted by atomic mass is 32.2. The number of rotatable bonds is 8. The van der Waals surface area contributed by atoms with E-state index in [1.807, 2.05) is 18.4 Å². The predicted molar refractivity (Wildman–Crippen MR) is 110 cm³/mol. The predicted octanol–water partition coefficient (Wildman–Crippen LogP) is 4.11. The molecular formula is C21H25NO4S. The number of hydrogen-bond acceptors (Lipinski definition) is 5. The van der Waals surface area contributed by atoms with E-state index in [0.29, 0.717) is 23.8 Å². The third kappa shape index (κ3) is 5.44. The van der Waals surface area contributed by atoms with Gasteiger partial charge in [-0.05, 0) is 47.7 Å². The minimum atomic E-state index is -0.0855. The van der Waals surface area contributed by atoms with Crippen LogP contribution in [0.15, 0.2) is 47.4 Å². The Balaban J connectivity index is 2.10. The van der Waals surface area contributed by atoms with E-state index >= 15 is 0 Å². The van der Waals surface area contributed by atoms with Crippen LogP contribution < -0.4 is 14.2 Å². The summed E-state index contributed by atoms with van der Waals surface area (Å²) in [6.45, 7) is 0.549. The Morgan fingerprint density at radius 1 is 1.04 bits per heavy atom. The van der Waals surface area contributed by atoms with Crippen molar-refractivity contribution in [1.29, 1.82) is 0 Å². The van der Waals surface area contributed by atoms with E-state index in [1.54, 1.807) is 63.2 Å². The Kier molecular flexibility index (Phi) is 7.61. The van der Waals surface area contributed by atoms with Gasteiger partial charge in [0.2, 0.25) is 11.7 Å². The SMILES string of the molecule is COc1cc(/C=C/C(=O)N(C)Cc2ccc(SC)cc2)cc(OC)c1OC. The number of carbonyl (C=O) groups excluding carboxylic acids is 1.